The first-order valence-electron chi connectivity index (χ1n) is 8.16. The van der Waals surface area contributed by atoms with Crippen LogP contribution in [0.3, 0.4) is 0 Å². The lowest BCUT2D eigenvalue weighted by Gasteiger charge is -2.08. The lowest BCUT2D eigenvalue weighted by Crippen LogP contribution is -2.06. The second-order valence-electron chi connectivity index (χ2n) is 6.22. The van der Waals surface area contributed by atoms with E-state index in [-0.39, 0.29) is 11.6 Å². The van der Waals surface area contributed by atoms with E-state index in [0.29, 0.717) is 17.5 Å². The number of fused-ring (bicyclic) bond motifs is 2. The van der Waals surface area contributed by atoms with E-state index >= 15 is 0 Å². The molecule has 0 aliphatic carbocycles. The highest BCUT2D eigenvalue weighted by Gasteiger charge is 2.21. The number of ketones is 2. The van der Waals surface area contributed by atoms with E-state index in [4.69, 9.17) is 0 Å². The third-order valence-electron chi connectivity index (χ3n) is 4.39. The van der Waals surface area contributed by atoms with Crippen LogP contribution < -0.4 is 0 Å². The monoisotopic (exact) mass is 344 g/mol. The van der Waals surface area contributed by atoms with Gasteiger partial charge < -0.3 is 0 Å². The smallest absolute Gasteiger partial charge is 0.193 e. The van der Waals surface area contributed by atoms with E-state index < -0.39 is 0 Å². The minimum absolute atomic E-state index is 0.0120. The van der Waals surface area contributed by atoms with Gasteiger partial charge in [-0.15, -0.1) is 0 Å². The van der Waals surface area contributed by atoms with E-state index in [1.807, 2.05) is 73.7 Å². The van der Waals surface area contributed by atoms with Gasteiger partial charge in [0, 0.05) is 32.9 Å². The highest BCUT2D eigenvalue weighted by Crippen LogP contribution is 2.37. The summed E-state index contributed by atoms with van der Waals surface area (Å²) in [5, 5.41) is 0. The van der Waals surface area contributed by atoms with Gasteiger partial charge in [0.15, 0.2) is 11.6 Å². The Morgan fingerprint density at radius 1 is 0.880 bits per heavy atom. The molecule has 122 valence electrons. The fourth-order valence-corrected chi connectivity index (χ4v) is 4.08. The van der Waals surface area contributed by atoms with Crippen LogP contribution in [0.15, 0.2) is 76.5 Å². The van der Waals surface area contributed by atoms with E-state index in [0.717, 1.165) is 26.5 Å². The summed E-state index contributed by atoms with van der Waals surface area (Å²) < 4.78 is 0. The molecule has 2 nitrogen and oxygen atoms in total. The lowest BCUT2D eigenvalue weighted by molar-refractivity contribution is 0.0987. The number of rotatable bonds is 2. The molecule has 0 unspecified atom stereocenters. The molecule has 3 aromatic carbocycles. The second kappa shape index (κ2) is 6.34. The predicted molar refractivity (Wildman–Crippen MR) is 99.7 cm³/mol. The Bertz CT molecular complexity index is 987. The predicted octanol–water partition coefficient (Wildman–Crippen LogP) is 5.12. The number of hydrogen-bond donors (Lipinski definition) is 0. The molecule has 0 amide bonds. The van der Waals surface area contributed by atoms with E-state index in [9.17, 15) is 9.59 Å². The van der Waals surface area contributed by atoms with E-state index in [1.165, 1.54) is 0 Å². The van der Waals surface area contributed by atoms with Crippen molar-refractivity contribution in [3.8, 4) is 0 Å². The van der Waals surface area contributed by atoms with Crippen LogP contribution >= 0.6 is 11.8 Å². The van der Waals surface area contributed by atoms with Gasteiger partial charge in [-0.1, -0.05) is 59.8 Å². The molecule has 1 aliphatic rings. The van der Waals surface area contributed by atoms with Crippen molar-refractivity contribution < 1.29 is 9.59 Å². The van der Waals surface area contributed by atoms with Gasteiger partial charge in [-0.05, 0) is 36.8 Å². The molecule has 0 aromatic heterocycles. The first kappa shape index (κ1) is 15.9. The third kappa shape index (κ3) is 3.03. The molecule has 0 radical (unpaired) electrons. The summed E-state index contributed by atoms with van der Waals surface area (Å²) in [4.78, 5) is 27.3. The van der Waals surface area contributed by atoms with Crippen LogP contribution in [0.5, 0.6) is 0 Å². The largest absolute Gasteiger partial charge is 0.294 e. The number of carbonyl (C=O) groups is 2. The second-order valence-corrected chi connectivity index (χ2v) is 7.30. The normalized spacial score (nSPS) is 12.9. The van der Waals surface area contributed by atoms with E-state index in [2.05, 4.69) is 0 Å². The summed E-state index contributed by atoms with van der Waals surface area (Å²) in [5.74, 6) is 0.0868. The average molecular weight is 344 g/mol. The lowest BCUT2D eigenvalue weighted by atomic mass is 9.97. The van der Waals surface area contributed by atoms with Gasteiger partial charge >= 0.3 is 0 Å². The molecule has 1 heterocycles. The van der Waals surface area contributed by atoms with Gasteiger partial charge in [-0.25, -0.2) is 0 Å². The molecule has 0 saturated heterocycles. The van der Waals surface area contributed by atoms with Crippen LogP contribution in [0.25, 0.3) is 0 Å². The molecule has 3 aromatic rings. The first-order valence-corrected chi connectivity index (χ1v) is 8.98. The van der Waals surface area contributed by atoms with Crippen molar-refractivity contribution >= 4 is 23.3 Å². The van der Waals surface area contributed by atoms with Crippen molar-refractivity contribution in [3.05, 3.63) is 94.5 Å². The summed E-state index contributed by atoms with van der Waals surface area (Å²) in [6.45, 7) is 2.00. The average Bonchev–Trinajstić information content (AvgIpc) is 2.77. The number of hydrogen-bond acceptors (Lipinski definition) is 3. The summed E-state index contributed by atoms with van der Waals surface area (Å²) >= 11 is 1.59. The maximum absolute atomic E-state index is 12.7. The van der Waals surface area contributed by atoms with Crippen molar-refractivity contribution in [2.24, 2.45) is 0 Å². The maximum atomic E-state index is 12.7. The molecule has 25 heavy (non-hydrogen) atoms. The highest BCUT2D eigenvalue weighted by molar-refractivity contribution is 7.99. The van der Waals surface area contributed by atoms with Gasteiger partial charge in [0.05, 0.1) is 0 Å². The Labute approximate surface area is 150 Å². The Morgan fingerprint density at radius 2 is 1.60 bits per heavy atom. The van der Waals surface area contributed by atoms with Crippen molar-refractivity contribution in [2.45, 2.75) is 23.1 Å². The number of aryl methyl sites for hydroxylation is 1. The van der Waals surface area contributed by atoms with Crippen LogP contribution in [0, 0.1) is 6.92 Å². The molecule has 0 N–H and O–H groups in total. The van der Waals surface area contributed by atoms with Gasteiger partial charge in [-0.2, -0.15) is 0 Å². The van der Waals surface area contributed by atoms with Gasteiger partial charge in [0.25, 0.3) is 0 Å². The maximum Gasteiger partial charge on any atom is 0.193 e. The van der Waals surface area contributed by atoms with Crippen molar-refractivity contribution in [3.63, 3.8) is 0 Å². The van der Waals surface area contributed by atoms with Crippen LogP contribution in [-0.2, 0) is 6.42 Å². The molecular weight excluding hydrogens is 328 g/mol. The Morgan fingerprint density at radius 3 is 2.40 bits per heavy atom. The summed E-state index contributed by atoms with van der Waals surface area (Å²) in [5.41, 5.74) is 4.10. The van der Waals surface area contributed by atoms with Crippen molar-refractivity contribution in [2.75, 3.05) is 0 Å². The van der Waals surface area contributed by atoms with Crippen LogP contribution in [0.4, 0.5) is 0 Å². The molecule has 0 fully saturated rings. The third-order valence-corrected chi connectivity index (χ3v) is 5.59. The summed E-state index contributed by atoms with van der Waals surface area (Å²) in [7, 11) is 0. The minimum atomic E-state index is -0.0120. The Balaban J connectivity index is 1.71. The molecular formula is C22H16O2S. The van der Waals surface area contributed by atoms with Crippen LogP contribution in [-0.4, -0.2) is 11.6 Å². The fraction of sp³-hybridized carbons (Fsp3) is 0.0909. The molecule has 0 bridgehead atoms. The van der Waals surface area contributed by atoms with Gasteiger partial charge in [0.1, 0.15) is 0 Å². The van der Waals surface area contributed by atoms with Crippen LogP contribution in [0.2, 0.25) is 0 Å². The quantitative estimate of drug-likeness (QED) is 0.605. The molecule has 0 spiro atoms. The highest BCUT2D eigenvalue weighted by atomic mass is 32.2. The summed E-state index contributed by atoms with van der Waals surface area (Å²) in [6.07, 6.45) is 0.328. The zero-order valence-electron chi connectivity index (χ0n) is 13.8. The SMILES string of the molecule is Cc1ccc(C(=O)c2ccc3c(c2)CC(=O)c2ccccc2S3)cc1. The summed E-state index contributed by atoms with van der Waals surface area (Å²) in [6, 6.07) is 20.9. The van der Waals surface area contributed by atoms with Gasteiger partial charge in [-0.3, -0.25) is 9.59 Å². The Hall–Kier alpha value is -2.65. The zero-order chi connectivity index (χ0) is 17.4. The zero-order valence-corrected chi connectivity index (χ0v) is 14.6. The van der Waals surface area contributed by atoms with Crippen molar-refractivity contribution in [1.82, 2.24) is 0 Å². The Kier molecular flexibility index (Phi) is 4.02. The van der Waals surface area contributed by atoms with Crippen LogP contribution in [0.1, 0.15) is 37.4 Å². The molecule has 4 rings (SSSR count). The minimum Gasteiger partial charge on any atom is -0.294 e. The standard InChI is InChI=1S/C22H16O2S/c1-14-6-8-15(9-7-14)22(24)16-10-11-20-17(12-16)13-19(23)18-4-2-3-5-21(18)25-20/h2-12H,13H2,1H3. The number of benzene rings is 3. The molecule has 1 aliphatic heterocycles. The topological polar surface area (TPSA) is 34.1 Å². The van der Waals surface area contributed by atoms with Crippen molar-refractivity contribution in [1.29, 1.82) is 0 Å². The van der Waals surface area contributed by atoms with E-state index in [1.54, 1.807) is 11.8 Å². The van der Waals surface area contributed by atoms with Gasteiger partial charge in [0.2, 0.25) is 0 Å². The fourth-order valence-electron chi connectivity index (χ4n) is 3.00. The number of Topliss-reactive ketones (excluding diaryl/α,β-unsaturated/α-hetero) is 1. The molecule has 3 heteroatoms. The number of carbonyl (C=O) groups excluding carboxylic acids is 2. The molecule has 0 atom stereocenters. The first-order chi connectivity index (χ1) is 12.1. The molecule has 0 saturated carbocycles.